The van der Waals surface area contributed by atoms with Crippen LogP contribution in [-0.2, 0) is 4.79 Å². The van der Waals surface area contributed by atoms with Gasteiger partial charge in [0, 0.05) is 13.1 Å². The van der Waals surface area contributed by atoms with Crippen molar-refractivity contribution >= 4 is 12.0 Å². The van der Waals surface area contributed by atoms with E-state index in [1.165, 1.54) is 0 Å². The molecule has 1 aliphatic heterocycles. The van der Waals surface area contributed by atoms with Crippen molar-refractivity contribution in [3.63, 3.8) is 0 Å². The van der Waals surface area contributed by atoms with Crippen LogP contribution >= 0.6 is 0 Å². The number of nitrogens with one attached hydrogen (secondary N) is 1. The SMILES string of the molecule is CCCC(NC(=O)N1CCCC(CC)CC1)C(=O)O. The largest absolute Gasteiger partial charge is 0.480 e. The normalized spacial score (nSPS) is 21.6. The molecular formula is C14H26N2O3. The maximum absolute atomic E-state index is 12.1. The Hall–Kier alpha value is -1.26. The van der Waals surface area contributed by atoms with Gasteiger partial charge in [-0.3, -0.25) is 0 Å². The summed E-state index contributed by atoms with van der Waals surface area (Å²) in [6.45, 7) is 5.57. The lowest BCUT2D eigenvalue weighted by atomic mass is 9.98. The van der Waals surface area contributed by atoms with E-state index in [-0.39, 0.29) is 6.03 Å². The van der Waals surface area contributed by atoms with Crippen LogP contribution in [0.1, 0.15) is 52.4 Å². The van der Waals surface area contributed by atoms with E-state index in [0.717, 1.165) is 45.2 Å². The fourth-order valence-electron chi connectivity index (χ4n) is 2.56. The van der Waals surface area contributed by atoms with Gasteiger partial charge in [0.1, 0.15) is 6.04 Å². The van der Waals surface area contributed by atoms with Crippen LogP contribution in [0.2, 0.25) is 0 Å². The van der Waals surface area contributed by atoms with Gasteiger partial charge in [0.05, 0.1) is 0 Å². The first kappa shape index (κ1) is 15.8. The molecule has 2 atom stereocenters. The van der Waals surface area contributed by atoms with Gasteiger partial charge >= 0.3 is 12.0 Å². The van der Waals surface area contributed by atoms with Gasteiger partial charge in [-0.2, -0.15) is 0 Å². The summed E-state index contributed by atoms with van der Waals surface area (Å²) in [7, 11) is 0. The minimum Gasteiger partial charge on any atom is -0.480 e. The summed E-state index contributed by atoms with van der Waals surface area (Å²) < 4.78 is 0. The van der Waals surface area contributed by atoms with Crippen molar-refractivity contribution in [1.29, 1.82) is 0 Å². The van der Waals surface area contributed by atoms with E-state index in [1.807, 2.05) is 6.92 Å². The highest BCUT2D eigenvalue weighted by molar-refractivity contribution is 5.82. The van der Waals surface area contributed by atoms with Crippen LogP contribution < -0.4 is 5.32 Å². The number of carbonyl (C=O) groups is 2. The van der Waals surface area contributed by atoms with E-state index in [4.69, 9.17) is 5.11 Å². The van der Waals surface area contributed by atoms with Crippen LogP contribution in [0, 0.1) is 5.92 Å². The maximum atomic E-state index is 12.1. The fourth-order valence-corrected chi connectivity index (χ4v) is 2.56. The van der Waals surface area contributed by atoms with Gasteiger partial charge in [-0.05, 0) is 31.6 Å². The van der Waals surface area contributed by atoms with Crippen molar-refractivity contribution in [3.8, 4) is 0 Å². The first-order chi connectivity index (χ1) is 9.08. The molecule has 19 heavy (non-hydrogen) atoms. The predicted octanol–water partition coefficient (Wildman–Crippen LogP) is 2.46. The number of amides is 2. The van der Waals surface area contributed by atoms with E-state index in [2.05, 4.69) is 12.2 Å². The Balaban J connectivity index is 2.49. The lowest BCUT2D eigenvalue weighted by molar-refractivity contribution is -0.139. The second kappa shape index (κ2) is 8.02. The first-order valence-electron chi connectivity index (χ1n) is 7.36. The highest BCUT2D eigenvalue weighted by atomic mass is 16.4. The molecule has 0 radical (unpaired) electrons. The van der Waals surface area contributed by atoms with Gasteiger partial charge in [-0.15, -0.1) is 0 Å². The first-order valence-corrected chi connectivity index (χ1v) is 7.36. The van der Waals surface area contributed by atoms with Crippen LogP contribution in [0.25, 0.3) is 0 Å². The Labute approximate surface area is 115 Å². The molecule has 0 aliphatic carbocycles. The molecule has 0 spiro atoms. The molecule has 2 amide bonds. The number of carbonyl (C=O) groups excluding carboxylic acids is 1. The minimum atomic E-state index is -0.948. The molecule has 0 aromatic heterocycles. The van der Waals surface area contributed by atoms with E-state index >= 15 is 0 Å². The van der Waals surface area contributed by atoms with Gasteiger partial charge in [-0.25, -0.2) is 9.59 Å². The average Bonchev–Trinajstić information content (AvgIpc) is 2.63. The van der Waals surface area contributed by atoms with Gasteiger partial charge in [-0.1, -0.05) is 26.7 Å². The highest BCUT2D eigenvalue weighted by Crippen LogP contribution is 2.20. The quantitative estimate of drug-likeness (QED) is 0.806. The summed E-state index contributed by atoms with van der Waals surface area (Å²) in [5.41, 5.74) is 0. The Bertz CT molecular complexity index is 307. The number of carboxylic acid groups (broad SMARTS) is 1. The van der Waals surface area contributed by atoms with Gasteiger partial charge in [0.25, 0.3) is 0 Å². The van der Waals surface area contributed by atoms with E-state index in [0.29, 0.717) is 12.3 Å². The molecule has 5 nitrogen and oxygen atoms in total. The molecule has 1 saturated heterocycles. The molecule has 1 fully saturated rings. The zero-order valence-corrected chi connectivity index (χ0v) is 12.0. The monoisotopic (exact) mass is 270 g/mol. The summed E-state index contributed by atoms with van der Waals surface area (Å²) in [6, 6.07) is -0.986. The van der Waals surface area contributed by atoms with Crippen molar-refractivity contribution in [2.24, 2.45) is 5.92 Å². The molecule has 0 aromatic rings. The maximum Gasteiger partial charge on any atom is 0.326 e. The van der Waals surface area contributed by atoms with Gasteiger partial charge in [0.15, 0.2) is 0 Å². The lowest BCUT2D eigenvalue weighted by Gasteiger charge is -2.23. The Kier molecular flexibility index (Phi) is 6.67. The smallest absolute Gasteiger partial charge is 0.326 e. The van der Waals surface area contributed by atoms with Crippen LogP contribution in [-0.4, -0.2) is 41.1 Å². The highest BCUT2D eigenvalue weighted by Gasteiger charge is 2.24. The topological polar surface area (TPSA) is 69.6 Å². The van der Waals surface area contributed by atoms with E-state index < -0.39 is 12.0 Å². The summed E-state index contributed by atoms with van der Waals surface area (Å²) >= 11 is 0. The number of nitrogens with zero attached hydrogens (tertiary/aromatic N) is 1. The molecule has 1 heterocycles. The van der Waals surface area contributed by atoms with Crippen molar-refractivity contribution in [1.82, 2.24) is 10.2 Å². The van der Waals surface area contributed by atoms with Crippen molar-refractivity contribution in [2.45, 2.75) is 58.4 Å². The third-order valence-corrected chi connectivity index (χ3v) is 3.89. The van der Waals surface area contributed by atoms with Gasteiger partial charge in [0.2, 0.25) is 0 Å². The van der Waals surface area contributed by atoms with Crippen LogP contribution in [0.3, 0.4) is 0 Å². The molecule has 0 bridgehead atoms. The molecule has 0 aromatic carbocycles. The summed E-state index contributed by atoms with van der Waals surface area (Å²) in [6.07, 6.45) is 5.58. The van der Waals surface area contributed by atoms with E-state index in [9.17, 15) is 9.59 Å². The molecule has 2 unspecified atom stereocenters. The molecule has 5 heteroatoms. The third-order valence-electron chi connectivity index (χ3n) is 3.89. The minimum absolute atomic E-state index is 0.224. The number of likely N-dealkylation sites (tertiary alicyclic amines) is 1. The second-order valence-electron chi connectivity index (χ2n) is 5.32. The Morgan fingerprint density at radius 2 is 2.05 bits per heavy atom. The average molecular weight is 270 g/mol. The summed E-state index contributed by atoms with van der Waals surface area (Å²) in [5, 5.41) is 11.7. The Morgan fingerprint density at radius 1 is 1.32 bits per heavy atom. The zero-order valence-electron chi connectivity index (χ0n) is 12.0. The van der Waals surface area contributed by atoms with Crippen LogP contribution in [0.4, 0.5) is 4.79 Å². The van der Waals surface area contributed by atoms with Crippen molar-refractivity contribution in [2.75, 3.05) is 13.1 Å². The van der Waals surface area contributed by atoms with Crippen molar-refractivity contribution < 1.29 is 14.7 Å². The molecular weight excluding hydrogens is 244 g/mol. The second-order valence-corrected chi connectivity index (χ2v) is 5.32. The zero-order chi connectivity index (χ0) is 14.3. The van der Waals surface area contributed by atoms with Crippen LogP contribution in [0.15, 0.2) is 0 Å². The summed E-state index contributed by atoms with van der Waals surface area (Å²) in [5.74, 6) is -0.250. The van der Waals surface area contributed by atoms with Crippen molar-refractivity contribution in [3.05, 3.63) is 0 Å². The van der Waals surface area contributed by atoms with Gasteiger partial charge < -0.3 is 15.3 Å². The number of hydrogen-bond donors (Lipinski definition) is 2. The molecule has 2 N–H and O–H groups in total. The lowest BCUT2D eigenvalue weighted by Crippen LogP contribution is -2.48. The molecule has 1 rings (SSSR count). The Morgan fingerprint density at radius 3 is 2.63 bits per heavy atom. The standard InChI is InChI=1S/C14H26N2O3/c1-3-6-12(13(17)18)15-14(19)16-9-5-7-11(4-2)8-10-16/h11-12H,3-10H2,1-2H3,(H,15,19)(H,17,18). The molecule has 0 saturated carbocycles. The number of rotatable bonds is 5. The molecule has 1 aliphatic rings. The van der Waals surface area contributed by atoms with Crippen LogP contribution in [0.5, 0.6) is 0 Å². The number of urea groups is 1. The third kappa shape index (κ3) is 5.09. The van der Waals surface area contributed by atoms with E-state index in [1.54, 1.807) is 4.90 Å². The fraction of sp³-hybridized carbons (Fsp3) is 0.857. The number of aliphatic carboxylic acids is 1. The number of hydrogen-bond acceptors (Lipinski definition) is 2. The summed E-state index contributed by atoms with van der Waals surface area (Å²) in [4.78, 5) is 24.9. The molecule has 110 valence electrons. The predicted molar refractivity (Wildman–Crippen MR) is 74.1 cm³/mol. The number of carboxylic acids is 1.